The zero-order valence-electron chi connectivity index (χ0n) is 16.6. The number of carbonyl (C=O) groups is 3. The lowest BCUT2D eigenvalue weighted by Crippen LogP contribution is -2.56. The van der Waals surface area contributed by atoms with Crippen LogP contribution in [-0.4, -0.2) is 66.3 Å². The second kappa shape index (κ2) is 9.68. The molecule has 0 aliphatic carbocycles. The van der Waals surface area contributed by atoms with Crippen molar-refractivity contribution >= 4 is 17.7 Å². The molecule has 1 atom stereocenters. The number of piperidine rings is 1. The van der Waals surface area contributed by atoms with Gasteiger partial charge in [0.1, 0.15) is 0 Å². The van der Waals surface area contributed by atoms with Crippen LogP contribution in [0.2, 0.25) is 0 Å². The number of rotatable bonds is 7. The highest BCUT2D eigenvalue weighted by atomic mass is 16.2. The molecule has 0 saturated carbocycles. The summed E-state index contributed by atoms with van der Waals surface area (Å²) in [5, 5.41) is 5.74. The van der Waals surface area contributed by atoms with Gasteiger partial charge >= 0.3 is 0 Å². The van der Waals surface area contributed by atoms with Crippen molar-refractivity contribution in [1.29, 1.82) is 0 Å². The fourth-order valence-electron chi connectivity index (χ4n) is 3.86. The lowest BCUT2D eigenvalue weighted by Gasteiger charge is -2.35. The van der Waals surface area contributed by atoms with Gasteiger partial charge in [-0.15, -0.1) is 0 Å². The Morgan fingerprint density at radius 1 is 1.21 bits per heavy atom. The van der Waals surface area contributed by atoms with Crippen LogP contribution in [-0.2, 0) is 20.9 Å². The van der Waals surface area contributed by atoms with Crippen LogP contribution in [0, 0.1) is 6.92 Å². The smallest absolute Gasteiger partial charge is 0.237 e. The van der Waals surface area contributed by atoms with Crippen molar-refractivity contribution in [3.8, 4) is 0 Å². The second-order valence-corrected chi connectivity index (χ2v) is 7.60. The zero-order valence-corrected chi connectivity index (χ0v) is 16.6. The summed E-state index contributed by atoms with van der Waals surface area (Å²) >= 11 is 0. The van der Waals surface area contributed by atoms with Crippen LogP contribution >= 0.6 is 0 Å². The molecule has 28 heavy (non-hydrogen) atoms. The number of aryl methyl sites for hydroxylation is 1. The standard InChI is InChI=1S/C21H30N4O3/c1-16-6-2-3-7-17(16)15-25-13-10-23-21(28)18(25)14-19(26)22-9-12-24-11-5-4-8-20(24)27/h2-3,6-7,18H,4-5,8-15H2,1H3,(H,22,26)(H,23,28)/t18-/m1/s1. The predicted molar refractivity (Wildman–Crippen MR) is 106 cm³/mol. The lowest BCUT2D eigenvalue weighted by molar-refractivity contribution is -0.134. The van der Waals surface area contributed by atoms with E-state index in [1.54, 1.807) is 0 Å². The number of amides is 3. The number of nitrogens with zero attached hydrogens (tertiary/aromatic N) is 2. The molecule has 3 amide bonds. The maximum atomic E-state index is 12.4. The Labute approximate surface area is 166 Å². The van der Waals surface area contributed by atoms with E-state index in [1.807, 2.05) is 17.0 Å². The number of benzene rings is 1. The first-order valence-electron chi connectivity index (χ1n) is 10.2. The maximum absolute atomic E-state index is 12.4. The van der Waals surface area contributed by atoms with E-state index >= 15 is 0 Å². The van der Waals surface area contributed by atoms with Gasteiger partial charge in [-0.3, -0.25) is 19.3 Å². The van der Waals surface area contributed by atoms with Crippen LogP contribution in [0.15, 0.2) is 24.3 Å². The summed E-state index contributed by atoms with van der Waals surface area (Å²) < 4.78 is 0. The molecule has 2 saturated heterocycles. The van der Waals surface area contributed by atoms with Gasteiger partial charge in [-0.25, -0.2) is 0 Å². The van der Waals surface area contributed by atoms with Gasteiger partial charge in [-0.2, -0.15) is 0 Å². The molecule has 2 N–H and O–H groups in total. The van der Waals surface area contributed by atoms with Gasteiger partial charge in [0, 0.05) is 45.7 Å². The quantitative estimate of drug-likeness (QED) is 0.727. The first-order chi connectivity index (χ1) is 13.5. The molecule has 3 rings (SSSR count). The molecule has 2 aliphatic rings. The van der Waals surface area contributed by atoms with Crippen LogP contribution in [0.1, 0.15) is 36.8 Å². The molecule has 1 aromatic carbocycles. The first kappa shape index (κ1) is 20.3. The molecule has 7 nitrogen and oxygen atoms in total. The van der Waals surface area contributed by atoms with Gasteiger partial charge < -0.3 is 15.5 Å². The highest BCUT2D eigenvalue weighted by Gasteiger charge is 2.31. The first-order valence-corrected chi connectivity index (χ1v) is 10.2. The molecule has 2 aliphatic heterocycles. The third kappa shape index (κ3) is 5.32. The summed E-state index contributed by atoms with van der Waals surface area (Å²) in [4.78, 5) is 40.5. The Morgan fingerprint density at radius 2 is 2.04 bits per heavy atom. The predicted octanol–water partition coefficient (Wildman–Crippen LogP) is 0.814. The highest BCUT2D eigenvalue weighted by molar-refractivity contribution is 5.88. The van der Waals surface area contributed by atoms with Gasteiger partial charge in [0.2, 0.25) is 17.7 Å². The van der Waals surface area contributed by atoms with Crippen LogP contribution in [0.5, 0.6) is 0 Å². The largest absolute Gasteiger partial charge is 0.354 e. The number of likely N-dealkylation sites (tertiary alicyclic amines) is 1. The molecule has 0 spiro atoms. The van der Waals surface area contributed by atoms with Gasteiger partial charge in [0.15, 0.2) is 0 Å². The normalized spacial score (nSPS) is 20.8. The molecule has 7 heteroatoms. The molecule has 1 aromatic rings. The van der Waals surface area contributed by atoms with E-state index in [4.69, 9.17) is 0 Å². The summed E-state index contributed by atoms with van der Waals surface area (Å²) in [5.74, 6) is -0.0842. The molecule has 2 fully saturated rings. The summed E-state index contributed by atoms with van der Waals surface area (Å²) in [6.45, 7) is 5.76. The van der Waals surface area contributed by atoms with Crippen molar-refractivity contribution in [3.63, 3.8) is 0 Å². The van der Waals surface area contributed by atoms with Crippen molar-refractivity contribution in [2.45, 2.75) is 45.2 Å². The third-order valence-electron chi connectivity index (χ3n) is 5.58. The number of piperazine rings is 1. The molecular formula is C21H30N4O3. The highest BCUT2D eigenvalue weighted by Crippen LogP contribution is 2.16. The van der Waals surface area contributed by atoms with Crippen molar-refractivity contribution in [3.05, 3.63) is 35.4 Å². The molecule has 152 valence electrons. The monoisotopic (exact) mass is 386 g/mol. The minimum Gasteiger partial charge on any atom is -0.354 e. The van der Waals surface area contributed by atoms with E-state index in [0.717, 1.165) is 25.9 Å². The zero-order chi connectivity index (χ0) is 19.9. The van der Waals surface area contributed by atoms with E-state index in [9.17, 15) is 14.4 Å². The van der Waals surface area contributed by atoms with E-state index in [-0.39, 0.29) is 24.1 Å². The second-order valence-electron chi connectivity index (χ2n) is 7.60. The number of carbonyl (C=O) groups excluding carboxylic acids is 3. The third-order valence-corrected chi connectivity index (χ3v) is 5.58. The summed E-state index contributed by atoms with van der Waals surface area (Å²) in [7, 11) is 0. The number of hydrogen-bond donors (Lipinski definition) is 2. The summed E-state index contributed by atoms with van der Waals surface area (Å²) in [5.41, 5.74) is 2.36. The van der Waals surface area contributed by atoms with Crippen molar-refractivity contribution in [2.24, 2.45) is 0 Å². The molecular weight excluding hydrogens is 356 g/mol. The maximum Gasteiger partial charge on any atom is 0.237 e. The molecule has 0 radical (unpaired) electrons. The van der Waals surface area contributed by atoms with Crippen molar-refractivity contribution in [2.75, 3.05) is 32.7 Å². The van der Waals surface area contributed by atoms with Gasteiger partial charge in [-0.1, -0.05) is 24.3 Å². The minimum atomic E-state index is -0.468. The minimum absolute atomic E-state index is 0.0961. The summed E-state index contributed by atoms with van der Waals surface area (Å²) in [6.07, 6.45) is 2.71. The van der Waals surface area contributed by atoms with Crippen molar-refractivity contribution < 1.29 is 14.4 Å². The van der Waals surface area contributed by atoms with E-state index in [1.165, 1.54) is 11.1 Å². The van der Waals surface area contributed by atoms with Gasteiger partial charge in [0.25, 0.3) is 0 Å². The number of nitrogens with one attached hydrogen (secondary N) is 2. The number of hydrogen-bond acceptors (Lipinski definition) is 4. The Balaban J connectivity index is 1.52. The Hall–Kier alpha value is -2.41. The summed E-state index contributed by atoms with van der Waals surface area (Å²) in [6, 6.07) is 7.65. The fraction of sp³-hybridized carbons (Fsp3) is 0.571. The lowest BCUT2D eigenvalue weighted by atomic mass is 10.0. The Morgan fingerprint density at radius 3 is 2.82 bits per heavy atom. The molecule has 0 aromatic heterocycles. The average Bonchev–Trinajstić information content (AvgIpc) is 2.68. The van der Waals surface area contributed by atoms with Gasteiger partial charge in [0.05, 0.1) is 12.5 Å². The molecule has 2 heterocycles. The van der Waals surface area contributed by atoms with E-state index < -0.39 is 6.04 Å². The topological polar surface area (TPSA) is 81.8 Å². The molecule has 0 bridgehead atoms. The molecule has 0 unspecified atom stereocenters. The van der Waals surface area contributed by atoms with Crippen LogP contribution in [0.25, 0.3) is 0 Å². The van der Waals surface area contributed by atoms with Gasteiger partial charge in [-0.05, 0) is 30.9 Å². The SMILES string of the molecule is Cc1ccccc1CN1CCNC(=O)[C@H]1CC(=O)NCCN1CCCCC1=O. The van der Waals surface area contributed by atoms with E-state index in [2.05, 4.69) is 34.6 Å². The Kier molecular flexibility index (Phi) is 7.03. The fourth-order valence-corrected chi connectivity index (χ4v) is 3.86. The van der Waals surface area contributed by atoms with Crippen LogP contribution in [0.4, 0.5) is 0 Å². The van der Waals surface area contributed by atoms with E-state index in [0.29, 0.717) is 32.6 Å². The van der Waals surface area contributed by atoms with Crippen LogP contribution in [0.3, 0.4) is 0 Å². The van der Waals surface area contributed by atoms with Crippen molar-refractivity contribution in [1.82, 2.24) is 20.4 Å². The average molecular weight is 386 g/mol. The Bertz CT molecular complexity index is 721. The van der Waals surface area contributed by atoms with Crippen LogP contribution < -0.4 is 10.6 Å².